The zero-order valence-corrected chi connectivity index (χ0v) is 16.2. The lowest BCUT2D eigenvalue weighted by molar-refractivity contribution is 0.800. The van der Waals surface area contributed by atoms with Gasteiger partial charge >= 0.3 is 0 Å². The van der Waals surface area contributed by atoms with Crippen LogP contribution in [-0.4, -0.2) is 4.98 Å². The second-order valence-corrected chi connectivity index (χ2v) is 7.23. The summed E-state index contributed by atoms with van der Waals surface area (Å²) in [6.07, 6.45) is 1.73. The monoisotopic (exact) mass is 384 g/mol. The Balaban J connectivity index is 1.54. The Morgan fingerprint density at radius 3 is 1.86 bits per heavy atom. The maximum Gasteiger partial charge on any atom is 0.229 e. The van der Waals surface area contributed by atoms with E-state index in [1.54, 1.807) is 6.20 Å². The predicted octanol–water partition coefficient (Wildman–Crippen LogP) is 6.77. The van der Waals surface area contributed by atoms with Crippen LogP contribution in [0.2, 0.25) is 0 Å². The molecule has 0 bridgehead atoms. The molecule has 0 spiro atoms. The van der Waals surface area contributed by atoms with Gasteiger partial charge in [-0.25, -0.2) is 4.98 Å². The summed E-state index contributed by atoms with van der Waals surface area (Å²) in [5, 5.41) is 11.0. The van der Waals surface area contributed by atoms with Crippen molar-refractivity contribution in [2.24, 2.45) is 10.2 Å². The highest BCUT2D eigenvalue weighted by atomic mass is 32.1. The highest BCUT2D eigenvalue weighted by molar-refractivity contribution is 7.13. The summed E-state index contributed by atoms with van der Waals surface area (Å²) in [6, 6.07) is 29.3. The van der Waals surface area contributed by atoms with E-state index in [9.17, 15) is 0 Å². The first-order valence-electron chi connectivity index (χ1n) is 9.11. The van der Waals surface area contributed by atoms with Gasteiger partial charge in [-0.3, -0.25) is 0 Å². The van der Waals surface area contributed by atoms with Crippen molar-refractivity contribution in [3.8, 4) is 0 Å². The van der Waals surface area contributed by atoms with Gasteiger partial charge in [0, 0.05) is 30.4 Å². The van der Waals surface area contributed by atoms with Gasteiger partial charge in [-0.05, 0) is 35.4 Å². The number of hydrogen-bond acceptors (Lipinski definition) is 5. The van der Waals surface area contributed by atoms with E-state index in [1.807, 2.05) is 29.6 Å². The van der Waals surface area contributed by atoms with Crippen LogP contribution in [0, 0.1) is 0 Å². The van der Waals surface area contributed by atoms with Gasteiger partial charge in [0.2, 0.25) is 5.13 Å². The lowest BCUT2D eigenvalue weighted by Crippen LogP contribution is -2.21. The third-order valence-electron chi connectivity index (χ3n) is 4.32. The van der Waals surface area contributed by atoms with Crippen LogP contribution in [0.3, 0.4) is 0 Å². The maximum atomic E-state index is 4.27. The smallest absolute Gasteiger partial charge is 0.229 e. The molecule has 0 N–H and O–H groups in total. The summed E-state index contributed by atoms with van der Waals surface area (Å²) in [5.41, 5.74) is 4.54. The first kappa shape index (κ1) is 18.1. The molecule has 0 atom stereocenters. The molecule has 0 saturated carbocycles. The van der Waals surface area contributed by atoms with E-state index < -0.39 is 0 Å². The number of thiazole rings is 1. The van der Waals surface area contributed by atoms with Crippen LogP contribution >= 0.6 is 11.3 Å². The van der Waals surface area contributed by atoms with Crippen LogP contribution in [0.1, 0.15) is 11.1 Å². The molecule has 4 nitrogen and oxygen atoms in total. The van der Waals surface area contributed by atoms with Crippen LogP contribution in [-0.2, 0) is 13.1 Å². The number of nitrogens with zero attached hydrogens (tertiary/aromatic N) is 4. The van der Waals surface area contributed by atoms with E-state index in [0.717, 1.165) is 24.5 Å². The molecule has 4 rings (SSSR count). The number of azo groups is 1. The molecule has 1 aromatic heterocycles. The minimum atomic E-state index is 0.666. The summed E-state index contributed by atoms with van der Waals surface area (Å²) in [4.78, 5) is 6.49. The summed E-state index contributed by atoms with van der Waals surface area (Å²) >= 11 is 1.47. The molecule has 0 unspecified atom stereocenters. The third-order valence-corrected chi connectivity index (χ3v) is 4.97. The van der Waals surface area contributed by atoms with Gasteiger partial charge < -0.3 is 4.90 Å². The van der Waals surface area contributed by atoms with Crippen LogP contribution in [0.25, 0.3) is 0 Å². The fourth-order valence-corrected chi connectivity index (χ4v) is 3.40. The van der Waals surface area contributed by atoms with Gasteiger partial charge in [0.1, 0.15) is 0 Å². The molecule has 0 aliphatic carbocycles. The quantitative estimate of drug-likeness (QED) is 0.330. The molecular weight excluding hydrogens is 364 g/mol. The fraction of sp³-hybridized carbons (Fsp3) is 0.0870. The molecule has 28 heavy (non-hydrogen) atoms. The minimum Gasteiger partial charge on any atom is -0.363 e. The highest BCUT2D eigenvalue weighted by Crippen LogP contribution is 2.25. The Bertz CT molecular complexity index is 956. The molecular formula is C23H20N4S. The van der Waals surface area contributed by atoms with Crippen molar-refractivity contribution in [1.29, 1.82) is 0 Å². The van der Waals surface area contributed by atoms with Gasteiger partial charge in [0.15, 0.2) is 0 Å². The molecule has 138 valence electrons. The number of benzene rings is 3. The van der Waals surface area contributed by atoms with Gasteiger partial charge in [-0.2, -0.15) is 0 Å². The molecule has 0 saturated heterocycles. The van der Waals surface area contributed by atoms with Crippen molar-refractivity contribution >= 4 is 27.8 Å². The Hall–Kier alpha value is -3.31. The van der Waals surface area contributed by atoms with Crippen LogP contribution in [0.15, 0.2) is 107 Å². The first-order chi connectivity index (χ1) is 13.9. The average Bonchev–Trinajstić information content (AvgIpc) is 3.27. The summed E-state index contributed by atoms with van der Waals surface area (Å²) in [6.45, 7) is 1.69. The van der Waals surface area contributed by atoms with Crippen LogP contribution in [0.5, 0.6) is 0 Å². The topological polar surface area (TPSA) is 40.9 Å². The van der Waals surface area contributed by atoms with Crippen molar-refractivity contribution in [1.82, 2.24) is 4.98 Å². The average molecular weight is 385 g/mol. The van der Waals surface area contributed by atoms with Crippen molar-refractivity contribution in [2.75, 3.05) is 4.90 Å². The van der Waals surface area contributed by atoms with E-state index in [1.165, 1.54) is 22.5 Å². The summed E-state index contributed by atoms with van der Waals surface area (Å²) in [5.74, 6) is 0. The summed E-state index contributed by atoms with van der Waals surface area (Å²) in [7, 11) is 0. The highest BCUT2D eigenvalue weighted by Gasteiger charge is 2.09. The standard InChI is InChI=1S/C23H20N4S/c1-3-7-19(8-4-1)17-27(18-20-9-5-2-6-10-20)22-13-11-21(12-14-22)25-26-23-24-15-16-28-23/h1-16H,17-18H2. The molecule has 4 aromatic rings. The Morgan fingerprint density at radius 1 is 0.714 bits per heavy atom. The molecule has 3 aromatic carbocycles. The second kappa shape index (κ2) is 9.06. The van der Waals surface area contributed by atoms with Crippen molar-refractivity contribution in [3.63, 3.8) is 0 Å². The number of hydrogen-bond donors (Lipinski definition) is 0. The van der Waals surface area contributed by atoms with Gasteiger partial charge in [-0.1, -0.05) is 60.7 Å². The van der Waals surface area contributed by atoms with E-state index in [0.29, 0.717) is 5.13 Å². The van der Waals surface area contributed by atoms with Crippen molar-refractivity contribution in [2.45, 2.75) is 13.1 Å². The molecule has 0 aliphatic heterocycles. The predicted molar refractivity (Wildman–Crippen MR) is 116 cm³/mol. The van der Waals surface area contributed by atoms with Crippen LogP contribution in [0.4, 0.5) is 16.5 Å². The molecule has 5 heteroatoms. The van der Waals surface area contributed by atoms with Crippen molar-refractivity contribution in [3.05, 3.63) is 108 Å². The second-order valence-electron chi connectivity index (χ2n) is 6.36. The lowest BCUT2D eigenvalue weighted by Gasteiger charge is -2.25. The summed E-state index contributed by atoms with van der Waals surface area (Å²) < 4.78 is 0. The van der Waals surface area contributed by atoms with Crippen LogP contribution < -0.4 is 4.90 Å². The van der Waals surface area contributed by atoms with E-state index in [-0.39, 0.29) is 0 Å². The molecule has 0 amide bonds. The SMILES string of the molecule is c1ccc(CN(Cc2ccccc2)c2ccc(N=Nc3nccs3)cc2)cc1. The van der Waals surface area contributed by atoms with Gasteiger partial charge in [0.25, 0.3) is 0 Å². The van der Waals surface area contributed by atoms with Crippen molar-refractivity contribution < 1.29 is 0 Å². The number of anilines is 1. The zero-order valence-electron chi connectivity index (χ0n) is 15.3. The number of aromatic nitrogens is 1. The Labute approximate surface area is 168 Å². The van der Waals surface area contributed by atoms with Gasteiger partial charge in [-0.15, -0.1) is 21.6 Å². The molecule has 0 fully saturated rings. The van der Waals surface area contributed by atoms with Gasteiger partial charge in [0.05, 0.1) is 5.69 Å². The third kappa shape index (κ3) is 4.90. The maximum absolute atomic E-state index is 4.27. The fourth-order valence-electron chi connectivity index (χ4n) is 2.94. The lowest BCUT2D eigenvalue weighted by atomic mass is 10.1. The van der Waals surface area contributed by atoms with E-state index in [2.05, 4.69) is 80.8 Å². The zero-order chi connectivity index (χ0) is 19.0. The largest absolute Gasteiger partial charge is 0.363 e. The van der Waals surface area contributed by atoms with E-state index >= 15 is 0 Å². The molecule has 0 radical (unpaired) electrons. The Kier molecular flexibility index (Phi) is 5.85. The molecule has 0 aliphatic rings. The van der Waals surface area contributed by atoms with E-state index in [4.69, 9.17) is 0 Å². The Morgan fingerprint density at radius 2 is 1.32 bits per heavy atom. The number of rotatable bonds is 7. The first-order valence-corrected chi connectivity index (χ1v) is 9.99. The minimum absolute atomic E-state index is 0.666. The molecule has 1 heterocycles. The normalized spacial score (nSPS) is 11.0.